The zero-order valence-corrected chi connectivity index (χ0v) is 8.42. The van der Waals surface area contributed by atoms with Crippen LogP contribution in [0.4, 0.5) is 0 Å². The summed E-state index contributed by atoms with van der Waals surface area (Å²) >= 11 is 0. The summed E-state index contributed by atoms with van der Waals surface area (Å²) < 4.78 is 5.35. The van der Waals surface area contributed by atoms with E-state index in [2.05, 4.69) is 5.32 Å². The molecule has 0 aromatic rings. The fourth-order valence-corrected chi connectivity index (χ4v) is 3.20. The van der Waals surface area contributed by atoms with E-state index in [0.717, 1.165) is 38.9 Å². The van der Waals surface area contributed by atoms with Gasteiger partial charge in [-0.2, -0.15) is 0 Å². The Kier molecular flexibility index (Phi) is 1.84. The fourth-order valence-electron chi connectivity index (χ4n) is 3.20. The summed E-state index contributed by atoms with van der Waals surface area (Å²) in [7, 11) is 0. The van der Waals surface area contributed by atoms with Crippen molar-refractivity contribution in [2.45, 2.75) is 38.1 Å². The molecule has 14 heavy (non-hydrogen) atoms. The largest absolute Gasteiger partial charge is 0.381 e. The van der Waals surface area contributed by atoms with E-state index in [9.17, 15) is 4.79 Å². The Labute approximate surface area is 84.2 Å². The molecule has 1 atom stereocenters. The fraction of sp³-hybridized carbons (Fsp3) is 0.909. The van der Waals surface area contributed by atoms with E-state index < -0.39 is 0 Å². The van der Waals surface area contributed by atoms with Gasteiger partial charge in [-0.05, 0) is 31.6 Å². The van der Waals surface area contributed by atoms with Crippen LogP contribution in [-0.4, -0.2) is 25.2 Å². The van der Waals surface area contributed by atoms with Gasteiger partial charge in [-0.3, -0.25) is 4.79 Å². The summed E-state index contributed by atoms with van der Waals surface area (Å²) in [4.78, 5) is 11.5. The number of rotatable bonds is 1. The summed E-state index contributed by atoms with van der Waals surface area (Å²) in [6, 6.07) is 0.479. The average molecular weight is 195 g/mol. The predicted molar refractivity (Wildman–Crippen MR) is 51.8 cm³/mol. The van der Waals surface area contributed by atoms with Crippen molar-refractivity contribution in [3.05, 3.63) is 0 Å². The van der Waals surface area contributed by atoms with Gasteiger partial charge in [-0.1, -0.05) is 6.42 Å². The number of ether oxygens (including phenoxy) is 1. The van der Waals surface area contributed by atoms with Gasteiger partial charge in [0.05, 0.1) is 5.41 Å². The van der Waals surface area contributed by atoms with E-state index in [4.69, 9.17) is 4.74 Å². The molecule has 1 amide bonds. The molecule has 3 heteroatoms. The van der Waals surface area contributed by atoms with Crippen LogP contribution in [0.5, 0.6) is 0 Å². The van der Waals surface area contributed by atoms with Gasteiger partial charge < -0.3 is 10.1 Å². The van der Waals surface area contributed by atoms with Crippen molar-refractivity contribution in [3.63, 3.8) is 0 Å². The molecular formula is C11H17NO2. The van der Waals surface area contributed by atoms with Gasteiger partial charge >= 0.3 is 0 Å². The van der Waals surface area contributed by atoms with Gasteiger partial charge in [-0.15, -0.1) is 0 Å². The molecule has 3 aliphatic rings. The lowest BCUT2D eigenvalue weighted by Gasteiger charge is -2.57. The van der Waals surface area contributed by atoms with Crippen molar-refractivity contribution < 1.29 is 9.53 Å². The first-order valence-electron chi connectivity index (χ1n) is 5.72. The van der Waals surface area contributed by atoms with Crippen LogP contribution in [0.1, 0.15) is 32.1 Å². The van der Waals surface area contributed by atoms with Crippen LogP contribution in [0, 0.1) is 11.3 Å². The minimum atomic E-state index is 0.0714. The summed E-state index contributed by atoms with van der Waals surface area (Å²) in [5.74, 6) is 1.00. The van der Waals surface area contributed by atoms with Gasteiger partial charge in [0.2, 0.25) is 5.91 Å². The van der Waals surface area contributed by atoms with Gasteiger partial charge in [-0.25, -0.2) is 0 Å². The molecule has 3 nitrogen and oxygen atoms in total. The quantitative estimate of drug-likeness (QED) is 0.636. The molecule has 1 spiro atoms. The van der Waals surface area contributed by atoms with Gasteiger partial charge in [0.1, 0.15) is 0 Å². The molecule has 2 heterocycles. The number of β-lactam (4-membered cyclic amide) rings is 1. The first kappa shape index (κ1) is 8.72. The number of amides is 1. The summed E-state index contributed by atoms with van der Waals surface area (Å²) in [6.45, 7) is 1.76. The third kappa shape index (κ3) is 0.991. The molecule has 0 bridgehead atoms. The van der Waals surface area contributed by atoms with E-state index in [0.29, 0.717) is 17.9 Å². The first-order valence-corrected chi connectivity index (χ1v) is 5.72. The van der Waals surface area contributed by atoms with Crippen molar-refractivity contribution in [2.75, 3.05) is 13.2 Å². The van der Waals surface area contributed by atoms with Crippen molar-refractivity contribution in [1.82, 2.24) is 5.32 Å². The summed E-state index contributed by atoms with van der Waals surface area (Å²) in [5, 5.41) is 3.11. The van der Waals surface area contributed by atoms with E-state index >= 15 is 0 Å². The number of hydrogen-bond donors (Lipinski definition) is 1. The number of hydrogen-bond acceptors (Lipinski definition) is 2. The Morgan fingerprint density at radius 1 is 1.29 bits per heavy atom. The highest BCUT2D eigenvalue weighted by Gasteiger charge is 2.60. The topological polar surface area (TPSA) is 38.3 Å². The summed E-state index contributed by atoms with van der Waals surface area (Å²) in [6.07, 6.45) is 5.76. The van der Waals surface area contributed by atoms with Gasteiger partial charge in [0.15, 0.2) is 0 Å². The Morgan fingerprint density at radius 3 is 2.50 bits per heavy atom. The van der Waals surface area contributed by atoms with Crippen LogP contribution < -0.4 is 5.32 Å². The molecule has 1 aliphatic carbocycles. The molecule has 3 rings (SSSR count). The highest BCUT2D eigenvalue weighted by molar-refractivity contribution is 5.91. The van der Waals surface area contributed by atoms with Crippen LogP contribution in [0.2, 0.25) is 0 Å². The summed E-state index contributed by atoms with van der Waals surface area (Å²) in [5.41, 5.74) is 0.0714. The highest BCUT2D eigenvalue weighted by atomic mass is 16.5. The first-order chi connectivity index (χ1) is 6.83. The molecule has 78 valence electrons. The molecule has 0 radical (unpaired) electrons. The lowest BCUT2D eigenvalue weighted by atomic mass is 9.55. The monoisotopic (exact) mass is 195 g/mol. The molecular weight excluding hydrogens is 178 g/mol. The van der Waals surface area contributed by atoms with E-state index in [-0.39, 0.29) is 5.41 Å². The molecule has 1 saturated carbocycles. The number of carbonyl (C=O) groups is 1. The zero-order valence-electron chi connectivity index (χ0n) is 8.42. The SMILES string of the molecule is O=C1N[C@H](C2CCOCC2)C12CCC2. The van der Waals surface area contributed by atoms with Crippen molar-refractivity contribution in [2.24, 2.45) is 11.3 Å². The third-order valence-corrected chi connectivity index (χ3v) is 4.32. The van der Waals surface area contributed by atoms with Crippen LogP contribution in [-0.2, 0) is 9.53 Å². The van der Waals surface area contributed by atoms with Gasteiger partial charge in [0.25, 0.3) is 0 Å². The second-order valence-electron chi connectivity index (χ2n) is 4.91. The molecule has 0 unspecified atom stereocenters. The smallest absolute Gasteiger partial charge is 0.228 e. The second kappa shape index (κ2) is 2.96. The second-order valence-corrected chi connectivity index (χ2v) is 4.91. The highest BCUT2D eigenvalue weighted by Crippen LogP contribution is 2.52. The van der Waals surface area contributed by atoms with E-state index in [1.165, 1.54) is 6.42 Å². The Hall–Kier alpha value is -0.570. The standard InChI is InChI=1S/C11H17NO2/c13-10-11(4-1-5-11)9(12-10)8-2-6-14-7-3-8/h8-9H,1-7H2,(H,12,13)/t9-/m1/s1. The molecule has 0 aromatic carbocycles. The predicted octanol–water partition coefficient (Wildman–Crippen LogP) is 1.08. The lowest BCUT2D eigenvalue weighted by molar-refractivity contribution is -0.160. The van der Waals surface area contributed by atoms with Crippen molar-refractivity contribution >= 4 is 5.91 Å². The minimum Gasteiger partial charge on any atom is -0.381 e. The van der Waals surface area contributed by atoms with Crippen LogP contribution in [0.25, 0.3) is 0 Å². The lowest BCUT2D eigenvalue weighted by Crippen LogP contribution is -2.72. The molecule has 0 aromatic heterocycles. The maximum absolute atomic E-state index is 11.5. The maximum Gasteiger partial charge on any atom is 0.228 e. The molecule has 2 aliphatic heterocycles. The molecule has 3 fully saturated rings. The Bertz CT molecular complexity index is 254. The molecule has 1 N–H and O–H groups in total. The van der Waals surface area contributed by atoms with Crippen molar-refractivity contribution in [1.29, 1.82) is 0 Å². The minimum absolute atomic E-state index is 0.0714. The Balaban J connectivity index is 1.70. The van der Waals surface area contributed by atoms with Crippen molar-refractivity contribution in [3.8, 4) is 0 Å². The van der Waals surface area contributed by atoms with E-state index in [1.54, 1.807) is 0 Å². The third-order valence-electron chi connectivity index (χ3n) is 4.32. The molecule has 2 saturated heterocycles. The van der Waals surface area contributed by atoms with Crippen LogP contribution in [0.15, 0.2) is 0 Å². The van der Waals surface area contributed by atoms with Crippen LogP contribution >= 0.6 is 0 Å². The van der Waals surface area contributed by atoms with Crippen LogP contribution in [0.3, 0.4) is 0 Å². The maximum atomic E-state index is 11.5. The average Bonchev–Trinajstić information content (AvgIpc) is 2.13. The van der Waals surface area contributed by atoms with Gasteiger partial charge in [0, 0.05) is 19.3 Å². The number of nitrogens with one attached hydrogen (secondary N) is 1. The Morgan fingerprint density at radius 2 is 2.00 bits per heavy atom. The van der Waals surface area contributed by atoms with E-state index in [1.807, 2.05) is 0 Å². The number of carbonyl (C=O) groups excluding carboxylic acids is 1. The normalized spacial score (nSPS) is 36.0. The zero-order chi connectivity index (χ0) is 9.60.